The minimum Gasteiger partial charge on any atom is -0.350 e. The van der Waals surface area contributed by atoms with Gasteiger partial charge < -0.3 is 9.64 Å². The fraction of sp³-hybridized carbons (Fsp3) is 0.263. The Labute approximate surface area is 145 Å². The van der Waals surface area contributed by atoms with Gasteiger partial charge in [-0.2, -0.15) is 0 Å². The maximum Gasteiger partial charge on any atom is 0.177 e. The molecule has 0 N–H and O–H groups in total. The molecule has 1 aliphatic rings. The zero-order valence-corrected chi connectivity index (χ0v) is 14.0. The Kier molecular flexibility index (Phi) is 4.19. The summed E-state index contributed by atoms with van der Waals surface area (Å²) >= 11 is 0. The van der Waals surface area contributed by atoms with Crippen LogP contribution in [0.15, 0.2) is 54.7 Å². The highest BCUT2D eigenvalue weighted by Crippen LogP contribution is 2.31. The Morgan fingerprint density at radius 2 is 1.96 bits per heavy atom. The molecule has 2 heterocycles. The Morgan fingerprint density at radius 3 is 2.76 bits per heavy atom. The van der Waals surface area contributed by atoms with E-state index in [9.17, 15) is 4.39 Å². The van der Waals surface area contributed by atoms with Crippen molar-refractivity contribution < 1.29 is 9.13 Å². The number of nitrogens with zero attached hydrogens (tertiary/aromatic N) is 4. The van der Waals surface area contributed by atoms with Crippen LogP contribution in [0.5, 0.6) is 0 Å². The van der Waals surface area contributed by atoms with E-state index in [2.05, 4.69) is 46.4 Å². The van der Waals surface area contributed by atoms with E-state index in [0.717, 1.165) is 17.9 Å². The number of aryl methyl sites for hydroxylation is 1. The first-order valence-electron chi connectivity index (χ1n) is 8.29. The molecule has 5 nitrogen and oxygen atoms in total. The van der Waals surface area contributed by atoms with Crippen molar-refractivity contribution in [3.63, 3.8) is 0 Å². The van der Waals surface area contributed by atoms with Gasteiger partial charge >= 0.3 is 0 Å². The predicted octanol–water partition coefficient (Wildman–Crippen LogP) is 3.31. The predicted molar refractivity (Wildman–Crippen MR) is 92.7 cm³/mol. The third-order valence-corrected chi connectivity index (χ3v) is 4.36. The molecule has 0 bridgehead atoms. The molecular formula is C19H19FN4O. The molecule has 1 unspecified atom stereocenters. The van der Waals surface area contributed by atoms with Gasteiger partial charge in [-0.3, -0.25) is 0 Å². The summed E-state index contributed by atoms with van der Waals surface area (Å²) in [7, 11) is 0. The van der Waals surface area contributed by atoms with Crippen molar-refractivity contribution in [3.8, 4) is 0 Å². The zero-order chi connectivity index (χ0) is 17.2. The van der Waals surface area contributed by atoms with E-state index in [4.69, 9.17) is 4.74 Å². The van der Waals surface area contributed by atoms with Crippen LogP contribution >= 0.6 is 0 Å². The van der Waals surface area contributed by atoms with Crippen LogP contribution in [-0.4, -0.2) is 28.1 Å². The number of aromatic nitrogens is 3. The number of rotatable bonds is 4. The van der Waals surface area contributed by atoms with Crippen LogP contribution < -0.4 is 4.90 Å². The molecule has 1 atom stereocenters. The monoisotopic (exact) mass is 338 g/mol. The maximum absolute atomic E-state index is 13.8. The van der Waals surface area contributed by atoms with Gasteiger partial charge in [0.05, 0.1) is 19.3 Å². The van der Waals surface area contributed by atoms with Crippen LogP contribution in [0.3, 0.4) is 0 Å². The van der Waals surface area contributed by atoms with Gasteiger partial charge in [-0.15, -0.1) is 5.10 Å². The minimum absolute atomic E-state index is 0.238. The van der Waals surface area contributed by atoms with E-state index < -0.39 is 0 Å². The van der Waals surface area contributed by atoms with Gasteiger partial charge in [0.25, 0.3) is 0 Å². The second kappa shape index (κ2) is 6.64. The lowest BCUT2D eigenvalue weighted by molar-refractivity contribution is 0.110. The molecule has 1 saturated heterocycles. The van der Waals surface area contributed by atoms with E-state index in [1.807, 2.05) is 12.3 Å². The maximum atomic E-state index is 13.8. The standard InChI is InChI=1S/C19H19FN4O/c1-14-6-8-16(9-7-14)24-10-11-25-19(24)18-13-23(22-21-18)12-15-4-2-3-5-17(15)20/h2-9,13,19H,10-12H2,1H3. The number of hydrogen-bond donors (Lipinski definition) is 0. The SMILES string of the molecule is Cc1ccc(N2CCOC2c2cn(Cc3ccccc3F)nn2)cc1. The first kappa shape index (κ1) is 15.8. The van der Waals surface area contributed by atoms with Crippen molar-refractivity contribution in [2.45, 2.75) is 19.7 Å². The molecule has 0 spiro atoms. The number of hydrogen-bond acceptors (Lipinski definition) is 4. The molecule has 0 radical (unpaired) electrons. The summed E-state index contributed by atoms with van der Waals surface area (Å²) in [4.78, 5) is 2.16. The topological polar surface area (TPSA) is 43.2 Å². The molecule has 1 aromatic heterocycles. The number of anilines is 1. The van der Waals surface area contributed by atoms with E-state index in [1.54, 1.807) is 16.8 Å². The van der Waals surface area contributed by atoms with Crippen LogP contribution in [0.4, 0.5) is 10.1 Å². The lowest BCUT2D eigenvalue weighted by Gasteiger charge is -2.23. The van der Waals surface area contributed by atoms with Gasteiger partial charge in [-0.05, 0) is 25.1 Å². The summed E-state index contributed by atoms with van der Waals surface area (Å²) in [6, 6.07) is 15.0. The smallest absolute Gasteiger partial charge is 0.177 e. The highest BCUT2D eigenvalue weighted by molar-refractivity contribution is 5.49. The Morgan fingerprint density at radius 1 is 1.16 bits per heavy atom. The normalized spacial score (nSPS) is 17.2. The van der Waals surface area contributed by atoms with Crippen molar-refractivity contribution >= 4 is 5.69 Å². The molecule has 2 aromatic carbocycles. The average Bonchev–Trinajstić information content (AvgIpc) is 3.27. The first-order valence-corrected chi connectivity index (χ1v) is 8.29. The van der Waals surface area contributed by atoms with E-state index in [0.29, 0.717) is 18.7 Å². The summed E-state index contributed by atoms with van der Waals surface area (Å²) in [6.45, 7) is 3.85. The minimum atomic E-state index is -0.267. The van der Waals surface area contributed by atoms with Gasteiger partial charge in [0, 0.05) is 17.8 Å². The average molecular weight is 338 g/mol. The molecule has 25 heavy (non-hydrogen) atoms. The van der Waals surface area contributed by atoms with Crippen LogP contribution in [0.25, 0.3) is 0 Å². The Hall–Kier alpha value is -2.73. The molecule has 0 amide bonds. The third-order valence-electron chi connectivity index (χ3n) is 4.36. The summed E-state index contributed by atoms with van der Waals surface area (Å²) < 4.78 is 21.3. The summed E-state index contributed by atoms with van der Waals surface area (Å²) in [5.41, 5.74) is 3.63. The molecule has 0 aliphatic carbocycles. The lowest BCUT2D eigenvalue weighted by atomic mass is 10.2. The molecule has 1 fully saturated rings. The van der Waals surface area contributed by atoms with Crippen molar-refractivity contribution in [1.29, 1.82) is 0 Å². The van der Waals surface area contributed by atoms with Crippen LogP contribution in [0.2, 0.25) is 0 Å². The second-order valence-corrected chi connectivity index (χ2v) is 6.18. The van der Waals surface area contributed by atoms with Gasteiger partial charge in [0.2, 0.25) is 0 Å². The summed E-state index contributed by atoms with van der Waals surface area (Å²) in [5.74, 6) is -0.238. The van der Waals surface area contributed by atoms with Gasteiger partial charge in [-0.1, -0.05) is 41.1 Å². The number of benzene rings is 2. The molecule has 6 heteroatoms. The molecule has 4 rings (SSSR count). The van der Waals surface area contributed by atoms with E-state index >= 15 is 0 Å². The molecule has 1 aliphatic heterocycles. The Bertz CT molecular complexity index is 862. The zero-order valence-electron chi connectivity index (χ0n) is 14.0. The summed E-state index contributed by atoms with van der Waals surface area (Å²) in [5, 5.41) is 8.37. The summed E-state index contributed by atoms with van der Waals surface area (Å²) in [6.07, 6.45) is 1.56. The highest BCUT2D eigenvalue weighted by Gasteiger charge is 2.29. The quantitative estimate of drug-likeness (QED) is 0.732. The van der Waals surface area contributed by atoms with Crippen LogP contribution in [0.1, 0.15) is 23.0 Å². The number of halogens is 1. The second-order valence-electron chi connectivity index (χ2n) is 6.18. The first-order chi connectivity index (χ1) is 12.2. The van der Waals surface area contributed by atoms with Crippen molar-refractivity contribution in [2.24, 2.45) is 0 Å². The fourth-order valence-electron chi connectivity index (χ4n) is 3.02. The molecular weight excluding hydrogens is 319 g/mol. The van der Waals surface area contributed by atoms with Crippen LogP contribution in [-0.2, 0) is 11.3 Å². The van der Waals surface area contributed by atoms with Gasteiger partial charge in [0.15, 0.2) is 6.23 Å². The molecule has 128 valence electrons. The van der Waals surface area contributed by atoms with Crippen LogP contribution in [0, 0.1) is 12.7 Å². The number of ether oxygens (including phenoxy) is 1. The van der Waals surface area contributed by atoms with E-state index in [1.165, 1.54) is 11.6 Å². The molecule has 0 saturated carbocycles. The Balaban J connectivity index is 1.54. The van der Waals surface area contributed by atoms with Crippen molar-refractivity contribution in [2.75, 3.05) is 18.1 Å². The molecule has 3 aromatic rings. The van der Waals surface area contributed by atoms with Gasteiger partial charge in [0.1, 0.15) is 11.5 Å². The van der Waals surface area contributed by atoms with Gasteiger partial charge in [-0.25, -0.2) is 9.07 Å². The van der Waals surface area contributed by atoms with Crippen molar-refractivity contribution in [1.82, 2.24) is 15.0 Å². The highest BCUT2D eigenvalue weighted by atomic mass is 19.1. The van der Waals surface area contributed by atoms with E-state index in [-0.39, 0.29) is 12.0 Å². The largest absolute Gasteiger partial charge is 0.350 e. The fourth-order valence-corrected chi connectivity index (χ4v) is 3.02. The lowest BCUT2D eigenvalue weighted by Crippen LogP contribution is -2.23. The third kappa shape index (κ3) is 3.25. The van der Waals surface area contributed by atoms with Crippen molar-refractivity contribution in [3.05, 3.63) is 77.4 Å².